The van der Waals surface area contributed by atoms with Crippen LogP contribution >= 0.6 is 35.6 Å². The zero-order valence-electron chi connectivity index (χ0n) is 17.3. The molecule has 0 amide bonds. The van der Waals surface area contributed by atoms with Gasteiger partial charge in [-0.25, -0.2) is 4.98 Å². The van der Waals surface area contributed by atoms with E-state index in [2.05, 4.69) is 20.6 Å². The highest BCUT2D eigenvalue weighted by molar-refractivity contribution is 14.0. The van der Waals surface area contributed by atoms with Crippen LogP contribution in [0.3, 0.4) is 0 Å². The summed E-state index contributed by atoms with van der Waals surface area (Å²) in [5, 5.41) is 6.64. The predicted molar refractivity (Wildman–Crippen MR) is 125 cm³/mol. The molecule has 1 aromatic heterocycles. The van der Waals surface area contributed by atoms with Gasteiger partial charge in [-0.2, -0.15) is 13.2 Å². The van der Waals surface area contributed by atoms with Crippen molar-refractivity contribution in [1.29, 1.82) is 0 Å². The summed E-state index contributed by atoms with van der Waals surface area (Å²) in [6.45, 7) is 5.49. The maximum absolute atomic E-state index is 12.8. The summed E-state index contributed by atoms with van der Waals surface area (Å²) in [6.07, 6.45) is 0.266. The van der Waals surface area contributed by atoms with Crippen molar-refractivity contribution in [1.82, 2.24) is 15.6 Å². The fraction of sp³-hybridized carbons (Fsp3) is 0.684. The summed E-state index contributed by atoms with van der Waals surface area (Å²) in [5.41, 5.74) is -0.841. The first-order valence-corrected chi connectivity index (χ1v) is 10.2. The van der Waals surface area contributed by atoms with Crippen LogP contribution in [0.15, 0.2) is 17.3 Å². The van der Waals surface area contributed by atoms with Crippen molar-refractivity contribution in [2.24, 2.45) is 4.99 Å². The number of guanidine groups is 1. The quantitative estimate of drug-likeness (QED) is 0.203. The van der Waals surface area contributed by atoms with Crippen LogP contribution in [-0.2, 0) is 10.9 Å². The average molecular weight is 564 g/mol. The number of alkyl halides is 3. The number of methoxy groups -OCH3 is 1. The van der Waals surface area contributed by atoms with Gasteiger partial charge in [0.25, 0.3) is 0 Å². The molecule has 2 N–H and O–H groups in total. The Morgan fingerprint density at radius 1 is 1.37 bits per heavy atom. The Bertz CT molecular complexity index is 678. The van der Waals surface area contributed by atoms with E-state index in [9.17, 15) is 13.2 Å². The third kappa shape index (κ3) is 8.62. The van der Waals surface area contributed by atoms with E-state index in [-0.39, 0.29) is 35.0 Å². The minimum atomic E-state index is -4.45. The fourth-order valence-electron chi connectivity index (χ4n) is 3.13. The largest absolute Gasteiger partial charge is 0.417 e. The maximum atomic E-state index is 12.8. The van der Waals surface area contributed by atoms with Gasteiger partial charge in [0.2, 0.25) is 0 Å². The topological polar surface area (TPSA) is 61.8 Å². The van der Waals surface area contributed by atoms with Gasteiger partial charge in [0.1, 0.15) is 5.82 Å². The van der Waals surface area contributed by atoms with Gasteiger partial charge in [0.15, 0.2) is 5.96 Å². The number of aliphatic imine (C=N–C) groups is 1. The van der Waals surface area contributed by atoms with Gasteiger partial charge >= 0.3 is 6.18 Å². The summed E-state index contributed by atoms with van der Waals surface area (Å²) >= 11 is 6.07. The Morgan fingerprint density at radius 3 is 2.77 bits per heavy atom. The van der Waals surface area contributed by atoms with Crippen molar-refractivity contribution in [2.45, 2.75) is 44.8 Å². The van der Waals surface area contributed by atoms with Crippen molar-refractivity contribution in [2.75, 3.05) is 44.8 Å². The molecule has 0 bridgehead atoms. The van der Waals surface area contributed by atoms with E-state index in [1.54, 1.807) is 7.11 Å². The molecule has 0 spiro atoms. The zero-order valence-corrected chi connectivity index (χ0v) is 20.4. The Hall–Kier alpha value is -1.01. The van der Waals surface area contributed by atoms with Crippen molar-refractivity contribution < 1.29 is 17.9 Å². The first kappa shape index (κ1) is 27.0. The summed E-state index contributed by atoms with van der Waals surface area (Å²) < 4.78 is 43.4. The first-order chi connectivity index (χ1) is 13.8. The molecule has 30 heavy (non-hydrogen) atoms. The number of nitrogens with zero attached hydrogens (tertiary/aromatic N) is 3. The molecular formula is C19H30ClF3IN5O. The van der Waals surface area contributed by atoms with E-state index in [4.69, 9.17) is 16.3 Å². The fourth-order valence-corrected chi connectivity index (χ4v) is 3.41. The van der Waals surface area contributed by atoms with Crippen molar-refractivity contribution >= 4 is 47.4 Å². The number of pyridine rings is 1. The standard InChI is InChI=1S/C19H29ClF3N5O.HI/c1-3-24-18(25-8-5-4-6-10-29-2)27-15-7-9-28(13-15)17-16(20)11-14(12-26-17)19(21,22)23;/h11-12,15H,3-10,13H2,1-2H3,(H2,24,25,27);1H. The van der Waals surface area contributed by atoms with Crippen LogP contribution in [0.1, 0.15) is 38.2 Å². The highest BCUT2D eigenvalue weighted by atomic mass is 127. The van der Waals surface area contributed by atoms with Gasteiger partial charge in [0, 0.05) is 52.1 Å². The molecule has 0 aromatic carbocycles. The number of anilines is 1. The summed E-state index contributed by atoms with van der Waals surface area (Å²) in [5.74, 6) is 1.13. The van der Waals surface area contributed by atoms with Gasteiger partial charge in [-0.05, 0) is 38.7 Å². The second-order valence-corrected chi connectivity index (χ2v) is 7.32. The van der Waals surface area contributed by atoms with Gasteiger partial charge in [-0.3, -0.25) is 4.99 Å². The predicted octanol–water partition coefficient (Wildman–Crippen LogP) is 4.32. The molecule has 6 nitrogen and oxygen atoms in total. The molecule has 0 radical (unpaired) electrons. The first-order valence-electron chi connectivity index (χ1n) is 9.86. The van der Waals surface area contributed by atoms with E-state index < -0.39 is 11.7 Å². The molecule has 172 valence electrons. The molecule has 0 aliphatic carbocycles. The molecule has 11 heteroatoms. The second-order valence-electron chi connectivity index (χ2n) is 6.92. The van der Waals surface area contributed by atoms with Crippen molar-refractivity contribution in [3.63, 3.8) is 0 Å². The molecule has 1 unspecified atom stereocenters. The number of halogens is 5. The molecule has 1 saturated heterocycles. The molecule has 1 fully saturated rings. The molecule has 1 aliphatic rings. The number of aromatic nitrogens is 1. The van der Waals surface area contributed by atoms with E-state index >= 15 is 0 Å². The van der Waals surface area contributed by atoms with E-state index in [1.807, 2.05) is 11.8 Å². The smallest absolute Gasteiger partial charge is 0.385 e. The van der Waals surface area contributed by atoms with E-state index in [1.165, 1.54) is 0 Å². The lowest BCUT2D eigenvalue weighted by Gasteiger charge is -2.21. The van der Waals surface area contributed by atoms with Gasteiger partial charge in [-0.15, -0.1) is 24.0 Å². The molecule has 0 saturated carbocycles. The number of rotatable bonds is 9. The Labute approximate surface area is 198 Å². The number of ether oxygens (including phenoxy) is 1. The lowest BCUT2D eigenvalue weighted by atomic mass is 10.2. The lowest BCUT2D eigenvalue weighted by Crippen LogP contribution is -2.44. The van der Waals surface area contributed by atoms with Crippen LogP contribution in [0, 0.1) is 0 Å². The third-order valence-electron chi connectivity index (χ3n) is 4.60. The van der Waals surface area contributed by atoms with Crippen LogP contribution in [0.5, 0.6) is 0 Å². The Balaban J connectivity index is 0.00000450. The number of nitrogens with one attached hydrogen (secondary N) is 2. The monoisotopic (exact) mass is 563 g/mol. The Kier molecular flexibility index (Phi) is 12.1. The average Bonchev–Trinajstić information content (AvgIpc) is 3.12. The number of unbranched alkanes of at least 4 members (excludes halogenated alkanes) is 2. The molecule has 2 heterocycles. The summed E-state index contributed by atoms with van der Waals surface area (Å²) in [7, 11) is 1.70. The van der Waals surface area contributed by atoms with Crippen LogP contribution in [-0.4, -0.2) is 56.9 Å². The number of hydrogen-bond donors (Lipinski definition) is 2. The van der Waals surface area contributed by atoms with Crippen LogP contribution in [0.25, 0.3) is 0 Å². The normalized spacial score (nSPS) is 17.1. The van der Waals surface area contributed by atoms with Crippen LogP contribution < -0.4 is 15.5 Å². The molecule has 1 atom stereocenters. The van der Waals surface area contributed by atoms with Crippen molar-refractivity contribution in [3.05, 3.63) is 22.8 Å². The van der Waals surface area contributed by atoms with Crippen molar-refractivity contribution in [3.8, 4) is 0 Å². The molecule has 2 rings (SSSR count). The summed E-state index contributed by atoms with van der Waals surface area (Å²) in [4.78, 5) is 10.4. The van der Waals surface area contributed by atoms with E-state index in [0.717, 1.165) is 63.6 Å². The van der Waals surface area contributed by atoms with Crippen LogP contribution in [0.4, 0.5) is 19.0 Å². The van der Waals surface area contributed by atoms with Gasteiger partial charge in [0.05, 0.1) is 10.6 Å². The highest BCUT2D eigenvalue weighted by Gasteiger charge is 2.33. The molecular weight excluding hydrogens is 534 g/mol. The maximum Gasteiger partial charge on any atom is 0.417 e. The number of hydrogen-bond acceptors (Lipinski definition) is 4. The zero-order chi connectivity index (χ0) is 21.3. The minimum Gasteiger partial charge on any atom is -0.385 e. The molecule has 1 aromatic rings. The van der Waals surface area contributed by atoms with Gasteiger partial charge < -0.3 is 20.3 Å². The molecule has 1 aliphatic heterocycles. The Morgan fingerprint density at radius 2 is 2.13 bits per heavy atom. The second kappa shape index (κ2) is 13.4. The highest BCUT2D eigenvalue weighted by Crippen LogP contribution is 2.34. The minimum absolute atomic E-state index is 0. The lowest BCUT2D eigenvalue weighted by molar-refractivity contribution is -0.137. The third-order valence-corrected chi connectivity index (χ3v) is 4.88. The van der Waals surface area contributed by atoms with Crippen LogP contribution in [0.2, 0.25) is 5.02 Å². The summed E-state index contributed by atoms with van der Waals surface area (Å²) in [6, 6.07) is 1.04. The van der Waals surface area contributed by atoms with Gasteiger partial charge in [-0.1, -0.05) is 11.6 Å². The van der Waals surface area contributed by atoms with E-state index in [0.29, 0.717) is 18.9 Å². The SMILES string of the molecule is CCNC(=NCCCCCOC)NC1CCN(c2ncc(C(F)(F)F)cc2Cl)C1.I.